The molecular formula is C20H12. The van der Waals surface area contributed by atoms with E-state index >= 15 is 0 Å². The molecule has 0 bridgehead atoms. The van der Waals surface area contributed by atoms with Crippen LogP contribution in [0.2, 0.25) is 0 Å². The maximum Gasteiger partial charge on any atom is 0.0817 e. The first-order valence-electron chi connectivity index (χ1n) is 6.15. The van der Waals surface area contributed by atoms with E-state index in [9.17, 15) is 0 Å². The average Bonchev–Trinajstić information content (AvgIpc) is 2.53. The van der Waals surface area contributed by atoms with Gasteiger partial charge in [-0.2, -0.15) is 0 Å². The van der Waals surface area contributed by atoms with Crippen molar-refractivity contribution in [3.8, 4) is 24.7 Å². The fourth-order valence-corrected chi connectivity index (χ4v) is 1.72. The van der Waals surface area contributed by atoms with Gasteiger partial charge in [0, 0.05) is 0 Å². The standard InChI is InChI=1S/C20H12/c1-3-17(19-11-7-5-8-12-19)15-16-18(4-2)20-13-9-6-10-14-20/h1-2,5-14H. The number of benzene rings is 2. The molecule has 0 saturated carbocycles. The summed E-state index contributed by atoms with van der Waals surface area (Å²) in [6.07, 6.45) is 11.0. The van der Waals surface area contributed by atoms with E-state index in [1.807, 2.05) is 60.7 Å². The van der Waals surface area contributed by atoms with Gasteiger partial charge in [0.05, 0.1) is 11.1 Å². The molecule has 0 aliphatic heterocycles. The highest BCUT2D eigenvalue weighted by atomic mass is 14.0. The molecule has 2 aromatic carbocycles. The highest BCUT2D eigenvalue weighted by molar-refractivity contribution is 5.81. The summed E-state index contributed by atoms with van der Waals surface area (Å²) in [6, 6.07) is 19.3. The molecule has 0 aliphatic carbocycles. The second-order valence-electron chi connectivity index (χ2n) is 4.02. The Hall–Kier alpha value is -3.14. The number of rotatable bonds is 2. The molecule has 0 amide bonds. The molecule has 0 fully saturated rings. The molecular weight excluding hydrogens is 240 g/mol. The van der Waals surface area contributed by atoms with Gasteiger partial charge in [-0.15, -0.1) is 12.8 Å². The maximum absolute atomic E-state index is 5.52. The summed E-state index contributed by atoms with van der Waals surface area (Å²) in [4.78, 5) is 0. The zero-order valence-electron chi connectivity index (χ0n) is 10.9. The Kier molecular flexibility index (Phi) is 4.46. The lowest BCUT2D eigenvalue weighted by Gasteiger charge is -1.96. The summed E-state index contributed by atoms with van der Waals surface area (Å²) < 4.78 is 0. The van der Waals surface area contributed by atoms with Crippen LogP contribution in [0.4, 0.5) is 0 Å². The molecule has 0 heteroatoms. The Balaban J connectivity index is 2.58. The molecule has 0 heterocycles. The van der Waals surface area contributed by atoms with Crippen molar-refractivity contribution in [3.05, 3.63) is 83.3 Å². The molecule has 0 unspecified atom stereocenters. The molecule has 20 heavy (non-hydrogen) atoms. The molecule has 2 rings (SSSR count). The van der Waals surface area contributed by atoms with Crippen LogP contribution in [0.5, 0.6) is 0 Å². The summed E-state index contributed by atoms with van der Waals surface area (Å²) in [5.74, 6) is 5.22. The van der Waals surface area contributed by atoms with Crippen molar-refractivity contribution < 1.29 is 0 Å². The van der Waals surface area contributed by atoms with Crippen LogP contribution in [0, 0.1) is 24.7 Å². The minimum Gasteiger partial charge on any atom is -0.114 e. The molecule has 0 radical (unpaired) electrons. The van der Waals surface area contributed by atoms with E-state index in [0.29, 0.717) is 11.1 Å². The van der Waals surface area contributed by atoms with E-state index < -0.39 is 0 Å². The van der Waals surface area contributed by atoms with Gasteiger partial charge in [0.1, 0.15) is 0 Å². The molecule has 0 aliphatic rings. The van der Waals surface area contributed by atoms with Crippen LogP contribution in [-0.4, -0.2) is 0 Å². The summed E-state index contributed by atoms with van der Waals surface area (Å²) in [5, 5.41) is 0. The Morgan fingerprint density at radius 1 is 0.600 bits per heavy atom. The maximum atomic E-state index is 5.52. The Morgan fingerprint density at radius 3 is 1.25 bits per heavy atom. The first-order chi connectivity index (χ1) is 9.85. The van der Waals surface area contributed by atoms with Gasteiger partial charge in [-0.3, -0.25) is 0 Å². The van der Waals surface area contributed by atoms with Crippen molar-refractivity contribution in [2.24, 2.45) is 0 Å². The fourth-order valence-electron chi connectivity index (χ4n) is 1.72. The van der Waals surface area contributed by atoms with Gasteiger partial charge < -0.3 is 0 Å². The molecule has 0 atom stereocenters. The van der Waals surface area contributed by atoms with Crippen LogP contribution in [-0.2, 0) is 0 Å². The molecule has 2 aromatic rings. The Morgan fingerprint density at radius 2 is 0.950 bits per heavy atom. The smallest absolute Gasteiger partial charge is 0.0817 e. The highest BCUT2D eigenvalue weighted by Crippen LogP contribution is 2.13. The van der Waals surface area contributed by atoms with Gasteiger partial charge in [0.15, 0.2) is 0 Å². The van der Waals surface area contributed by atoms with E-state index in [-0.39, 0.29) is 0 Å². The van der Waals surface area contributed by atoms with Crippen molar-refractivity contribution in [1.29, 1.82) is 0 Å². The monoisotopic (exact) mass is 252 g/mol. The molecule has 0 N–H and O–H groups in total. The van der Waals surface area contributed by atoms with E-state index in [0.717, 1.165) is 11.1 Å². The third-order valence-corrected chi connectivity index (χ3v) is 2.73. The first-order valence-corrected chi connectivity index (χ1v) is 6.15. The van der Waals surface area contributed by atoms with Gasteiger partial charge in [-0.05, 0) is 11.1 Å². The number of terminal acetylenes is 2. The van der Waals surface area contributed by atoms with Crippen molar-refractivity contribution in [1.82, 2.24) is 0 Å². The van der Waals surface area contributed by atoms with E-state index in [1.165, 1.54) is 0 Å². The number of allylic oxidation sites excluding steroid dienone is 2. The minimum absolute atomic E-state index is 0.634. The first kappa shape index (κ1) is 13.3. The second-order valence-corrected chi connectivity index (χ2v) is 4.02. The van der Waals surface area contributed by atoms with E-state index in [1.54, 1.807) is 0 Å². The largest absolute Gasteiger partial charge is 0.114 e. The zero-order chi connectivity index (χ0) is 14.2. The van der Waals surface area contributed by atoms with Crippen LogP contribution in [0.15, 0.2) is 72.1 Å². The van der Waals surface area contributed by atoms with Crippen molar-refractivity contribution in [2.75, 3.05) is 0 Å². The molecule has 0 aromatic heterocycles. The lowest BCUT2D eigenvalue weighted by atomic mass is 10.1. The fraction of sp³-hybridized carbons (Fsp3) is 0. The quantitative estimate of drug-likeness (QED) is 0.556. The number of hydrogen-bond acceptors (Lipinski definition) is 0. The van der Waals surface area contributed by atoms with Gasteiger partial charge in [-0.1, -0.05) is 84.0 Å². The SMILES string of the molecule is C#CC(=C=C=C(C#C)c1ccccc1)c1ccccc1. The van der Waals surface area contributed by atoms with Crippen LogP contribution >= 0.6 is 0 Å². The third kappa shape index (κ3) is 3.20. The van der Waals surface area contributed by atoms with E-state index in [2.05, 4.69) is 23.3 Å². The Labute approximate surface area is 119 Å². The molecule has 0 spiro atoms. The summed E-state index contributed by atoms with van der Waals surface area (Å²) in [5.41, 5.74) is 9.09. The van der Waals surface area contributed by atoms with Crippen LogP contribution in [0.1, 0.15) is 11.1 Å². The summed E-state index contributed by atoms with van der Waals surface area (Å²) in [6.45, 7) is 0. The van der Waals surface area contributed by atoms with Crippen LogP contribution in [0.25, 0.3) is 11.1 Å². The Bertz CT molecular complexity index is 696. The van der Waals surface area contributed by atoms with Crippen LogP contribution in [0.3, 0.4) is 0 Å². The highest BCUT2D eigenvalue weighted by Gasteiger charge is 1.96. The predicted octanol–water partition coefficient (Wildman–Crippen LogP) is 4.17. The van der Waals surface area contributed by atoms with Crippen molar-refractivity contribution in [3.63, 3.8) is 0 Å². The molecule has 0 nitrogen and oxygen atoms in total. The van der Waals surface area contributed by atoms with Gasteiger partial charge in [-0.25, -0.2) is 0 Å². The van der Waals surface area contributed by atoms with Crippen molar-refractivity contribution >= 4 is 11.1 Å². The topological polar surface area (TPSA) is 0 Å². The lowest BCUT2D eigenvalue weighted by Crippen LogP contribution is -1.78. The van der Waals surface area contributed by atoms with Gasteiger partial charge in [0.25, 0.3) is 0 Å². The lowest BCUT2D eigenvalue weighted by molar-refractivity contribution is 1.63. The van der Waals surface area contributed by atoms with Gasteiger partial charge >= 0.3 is 0 Å². The zero-order valence-corrected chi connectivity index (χ0v) is 10.9. The normalized spacial score (nSPS) is 8.50. The van der Waals surface area contributed by atoms with Crippen molar-refractivity contribution in [2.45, 2.75) is 0 Å². The average molecular weight is 252 g/mol. The molecule has 0 saturated heterocycles. The summed E-state index contributed by atoms with van der Waals surface area (Å²) >= 11 is 0. The van der Waals surface area contributed by atoms with E-state index in [4.69, 9.17) is 12.8 Å². The third-order valence-electron chi connectivity index (χ3n) is 2.73. The van der Waals surface area contributed by atoms with Gasteiger partial charge in [0.2, 0.25) is 0 Å². The second kappa shape index (κ2) is 6.70. The predicted molar refractivity (Wildman–Crippen MR) is 84.4 cm³/mol. The summed E-state index contributed by atoms with van der Waals surface area (Å²) in [7, 11) is 0. The minimum atomic E-state index is 0.634. The number of hydrogen-bond donors (Lipinski definition) is 0. The van der Waals surface area contributed by atoms with Crippen LogP contribution < -0.4 is 0 Å². The molecule has 92 valence electrons.